The van der Waals surface area contributed by atoms with Gasteiger partial charge in [-0.1, -0.05) is 51.7 Å². The fraction of sp³-hybridized carbons (Fsp3) is 0.600. The zero-order chi connectivity index (χ0) is 14.3. The molecule has 0 aliphatic rings. The van der Waals surface area contributed by atoms with Crippen molar-refractivity contribution >= 4 is 0 Å². The van der Waals surface area contributed by atoms with Gasteiger partial charge in [0.2, 0.25) is 0 Å². The highest BCUT2D eigenvalue weighted by atomic mass is 19.4. The van der Waals surface area contributed by atoms with E-state index in [2.05, 4.69) is 18.6 Å². The third-order valence-electron chi connectivity index (χ3n) is 3.17. The van der Waals surface area contributed by atoms with Gasteiger partial charge in [0.1, 0.15) is 5.75 Å². The molecule has 0 fully saturated rings. The van der Waals surface area contributed by atoms with Crippen molar-refractivity contribution in [2.24, 2.45) is 0 Å². The Bertz CT molecular complexity index is 357. The van der Waals surface area contributed by atoms with E-state index in [-0.39, 0.29) is 5.75 Å². The van der Waals surface area contributed by atoms with Gasteiger partial charge >= 0.3 is 6.36 Å². The molecule has 0 amide bonds. The summed E-state index contributed by atoms with van der Waals surface area (Å²) in [5.74, 6) is 0.214. The molecule has 0 saturated heterocycles. The van der Waals surface area contributed by atoms with E-state index in [0.29, 0.717) is 5.92 Å². The van der Waals surface area contributed by atoms with E-state index in [9.17, 15) is 13.2 Å². The van der Waals surface area contributed by atoms with E-state index in [0.717, 1.165) is 18.4 Å². The SMILES string of the molecule is CCCCCCC(C)c1ccc(OC(F)(F)F)cc1. The number of hydrogen-bond acceptors (Lipinski definition) is 1. The Hall–Kier alpha value is -1.19. The topological polar surface area (TPSA) is 9.23 Å². The van der Waals surface area contributed by atoms with Crippen molar-refractivity contribution < 1.29 is 17.9 Å². The number of rotatable bonds is 7. The maximum Gasteiger partial charge on any atom is 0.573 e. The Labute approximate surface area is 112 Å². The van der Waals surface area contributed by atoms with Crippen LogP contribution in [0.15, 0.2) is 24.3 Å². The molecule has 19 heavy (non-hydrogen) atoms. The number of ether oxygens (including phenoxy) is 1. The molecule has 1 aromatic rings. The van der Waals surface area contributed by atoms with Gasteiger partial charge in [-0.3, -0.25) is 0 Å². The lowest BCUT2D eigenvalue weighted by atomic mass is 9.95. The molecular formula is C15H21F3O. The smallest absolute Gasteiger partial charge is 0.406 e. The average molecular weight is 274 g/mol. The summed E-state index contributed by atoms with van der Waals surface area (Å²) in [4.78, 5) is 0. The zero-order valence-electron chi connectivity index (χ0n) is 11.5. The van der Waals surface area contributed by atoms with E-state index >= 15 is 0 Å². The molecule has 0 spiro atoms. The summed E-state index contributed by atoms with van der Waals surface area (Å²) < 4.78 is 39.9. The average Bonchev–Trinajstić information content (AvgIpc) is 2.33. The lowest BCUT2D eigenvalue weighted by Crippen LogP contribution is -2.17. The lowest BCUT2D eigenvalue weighted by Gasteiger charge is -2.13. The van der Waals surface area contributed by atoms with Crippen LogP contribution in [0.1, 0.15) is 57.4 Å². The van der Waals surface area contributed by atoms with Gasteiger partial charge in [0, 0.05) is 0 Å². The molecule has 1 unspecified atom stereocenters. The number of benzene rings is 1. The van der Waals surface area contributed by atoms with Crippen molar-refractivity contribution in [2.45, 2.75) is 58.2 Å². The molecule has 0 aliphatic heterocycles. The van der Waals surface area contributed by atoms with Gasteiger partial charge in [-0.25, -0.2) is 0 Å². The van der Waals surface area contributed by atoms with Crippen LogP contribution in [0, 0.1) is 0 Å². The van der Waals surface area contributed by atoms with Crippen LogP contribution in [-0.2, 0) is 0 Å². The molecule has 0 aliphatic carbocycles. The second-order valence-electron chi connectivity index (χ2n) is 4.87. The molecule has 0 radical (unpaired) electrons. The monoisotopic (exact) mass is 274 g/mol. The van der Waals surface area contributed by atoms with Crippen LogP contribution in [0.3, 0.4) is 0 Å². The second kappa shape index (κ2) is 7.41. The Kier molecular flexibility index (Phi) is 6.19. The third kappa shape index (κ3) is 6.50. The molecule has 1 rings (SSSR count). The molecule has 0 N–H and O–H groups in total. The van der Waals surface area contributed by atoms with Crippen LogP contribution in [0.5, 0.6) is 5.75 Å². The molecule has 4 heteroatoms. The first-order valence-electron chi connectivity index (χ1n) is 6.78. The van der Waals surface area contributed by atoms with E-state index in [1.807, 2.05) is 0 Å². The van der Waals surface area contributed by atoms with Crippen molar-refractivity contribution in [2.75, 3.05) is 0 Å². The number of halogens is 3. The van der Waals surface area contributed by atoms with Crippen LogP contribution < -0.4 is 4.74 Å². The maximum absolute atomic E-state index is 12.0. The molecule has 0 heterocycles. The first-order valence-corrected chi connectivity index (χ1v) is 6.78. The Morgan fingerprint density at radius 1 is 1.05 bits per heavy atom. The van der Waals surface area contributed by atoms with Gasteiger partial charge < -0.3 is 4.74 Å². The van der Waals surface area contributed by atoms with E-state index in [1.54, 1.807) is 12.1 Å². The maximum atomic E-state index is 12.0. The van der Waals surface area contributed by atoms with Crippen LogP contribution in [-0.4, -0.2) is 6.36 Å². The van der Waals surface area contributed by atoms with Gasteiger partial charge in [-0.15, -0.1) is 13.2 Å². The standard InChI is InChI=1S/C15H21F3O/c1-3-4-5-6-7-12(2)13-8-10-14(11-9-13)19-15(16,17)18/h8-12H,3-7H2,1-2H3. The van der Waals surface area contributed by atoms with Crippen molar-refractivity contribution in [3.8, 4) is 5.75 Å². The first kappa shape index (κ1) is 15.9. The molecule has 1 nitrogen and oxygen atoms in total. The largest absolute Gasteiger partial charge is 0.573 e. The van der Waals surface area contributed by atoms with Gasteiger partial charge in [-0.2, -0.15) is 0 Å². The highest BCUT2D eigenvalue weighted by Crippen LogP contribution is 2.27. The number of unbranched alkanes of at least 4 members (excludes halogenated alkanes) is 3. The summed E-state index contributed by atoms with van der Waals surface area (Å²) in [6.45, 7) is 4.27. The van der Waals surface area contributed by atoms with Crippen LogP contribution in [0.4, 0.5) is 13.2 Å². The fourth-order valence-corrected chi connectivity index (χ4v) is 2.04. The lowest BCUT2D eigenvalue weighted by molar-refractivity contribution is -0.274. The third-order valence-corrected chi connectivity index (χ3v) is 3.17. The second-order valence-corrected chi connectivity index (χ2v) is 4.87. The molecule has 1 atom stereocenters. The van der Waals surface area contributed by atoms with Crippen molar-refractivity contribution in [3.63, 3.8) is 0 Å². The Balaban J connectivity index is 2.46. The van der Waals surface area contributed by atoms with Crippen LogP contribution in [0.25, 0.3) is 0 Å². The quantitative estimate of drug-likeness (QED) is 0.583. The van der Waals surface area contributed by atoms with Gasteiger partial charge in [0.25, 0.3) is 0 Å². The van der Waals surface area contributed by atoms with Crippen LogP contribution in [0.2, 0.25) is 0 Å². The van der Waals surface area contributed by atoms with Crippen molar-refractivity contribution in [1.29, 1.82) is 0 Å². The zero-order valence-corrected chi connectivity index (χ0v) is 11.5. The Morgan fingerprint density at radius 3 is 2.21 bits per heavy atom. The highest BCUT2D eigenvalue weighted by molar-refractivity contribution is 5.29. The molecule has 1 aromatic carbocycles. The molecular weight excluding hydrogens is 253 g/mol. The fourth-order valence-electron chi connectivity index (χ4n) is 2.04. The number of alkyl halides is 3. The van der Waals surface area contributed by atoms with Crippen molar-refractivity contribution in [1.82, 2.24) is 0 Å². The normalized spacial score (nSPS) is 13.3. The minimum atomic E-state index is -4.62. The molecule has 108 valence electrons. The van der Waals surface area contributed by atoms with E-state index in [4.69, 9.17) is 0 Å². The number of hydrogen-bond donors (Lipinski definition) is 0. The summed E-state index contributed by atoms with van der Waals surface area (Å²) >= 11 is 0. The first-order chi connectivity index (χ1) is 8.92. The van der Waals surface area contributed by atoms with Crippen LogP contribution >= 0.6 is 0 Å². The van der Waals surface area contributed by atoms with E-state index in [1.165, 1.54) is 31.4 Å². The van der Waals surface area contributed by atoms with E-state index < -0.39 is 6.36 Å². The summed E-state index contributed by atoms with van der Waals surface area (Å²) in [6.07, 6.45) is 1.28. The Morgan fingerprint density at radius 2 is 1.68 bits per heavy atom. The predicted molar refractivity (Wildman–Crippen MR) is 70.3 cm³/mol. The summed E-state index contributed by atoms with van der Waals surface area (Å²) in [7, 11) is 0. The summed E-state index contributed by atoms with van der Waals surface area (Å²) in [5, 5.41) is 0. The van der Waals surface area contributed by atoms with Gasteiger partial charge in [0.05, 0.1) is 0 Å². The van der Waals surface area contributed by atoms with Crippen molar-refractivity contribution in [3.05, 3.63) is 29.8 Å². The summed E-state index contributed by atoms with van der Waals surface area (Å²) in [6, 6.07) is 6.19. The molecule has 0 bridgehead atoms. The van der Waals surface area contributed by atoms with Gasteiger partial charge in [0.15, 0.2) is 0 Å². The highest BCUT2D eigenvalue weighted by Gasteiger charge is 2.30. The summed E-state index contributed by atoms with van der Waals surface area (Å²) in [5.41, 5.74) is 1.06. The minimum absolute atomic E-state index is 0.158. The van der Waals surface area contributed by atoms with Gasteiger partial charge in [-0.05, 0) is 30.0 Å². The molecule has 0 aromatic heterocycles. The predicted octanol–water partition coefficient (Wildman–Crippen LogP) is 5.66. The minimum Gasteiger partial charge on any atom is -0.406 e. The molecule has 0 saturated carbocycles.